The van der Waals surface area contributed by atoms with Crippen LogP contribution < -0.4 is 5.32 Å². The first-order valence-electron chi connectivity index (χ1n) is 6.70. The van der Waals surface area contributed by atoms with Crippen molar-refractivity contribution in [2.45, 2.75) is 19.9 Å². The van der Waals surface area contributed by atoms with Crippen molar-refractivity contribution >= 4 is 6.03 Å². The van der Waals surface area contributed by atoms with Gasteiger partial charge in [-0.2, -0.15) is 5.10 Å². The summed E-state index contributed by atoms with van der Waals surface area (Å²) in [7, 11) is 1.73. The molecule has 0 spiro atoms. The molecule has 2 aromatic heterocycles. The highest BCUT2D eigenvalue weighted by atomic mass is 19.1. The van der Waals surface area contributed by atoms with Crippen molar-refractivity contribution < 1.29 is 9.18 Å². The minimum atomic E-state index is -0.412. The van der Waals surface area contributed by atoms with Gasteiger partial charge in [-0.05, 0) is 25.5 Å². The van der Waals surface area contributed by atoms with E-state index in [-0.39, 0.29) is 12.1 Å². The number of carbonyl (C=O) groups is 1. The Bertz CT molecular complexity index is 610. The molecule has 6 nitrogen and oxygen atoms in total. The summed E-state index contributed by atoms with van der Waals surface area (Å²) in [5.41, 5.74) is 0.889. The molecule has 0 aromatic carbocycles. The molecule has 0 fully saturated rings. The molecule has 7 heteroatoms. The van der Waals surface area contributed by atoms with Crippen LogP contribution in [0.1, 0.15) is 25.5 Å². The molecule has 0 aliphatic carbocycles. The monoisotopic (exact) mass is 291 g/mol. The molecule has 0 saturated heterocycles. The maximum atomic E-state index is 12.9. The van der Waals surface area contributed by atoms with E-state index in [2.05, 4.69) is 15.4 Å². The Morgan fingerprint density at radius 1 is 1.48 bits per heavy atom. The number of halogens is 1. The predicted octanol–water partition coefficient (Wildman–Crippen LogP) is 2.13. The largest absolute Gasteiger partial charge is 0.338 e. The second-order valence-corrected chi connectivity index (χ2v) is 4.68. The lowest BCUT2D eigenvalue weighted by molar-refractivity contribution is 0.195. The van der Waals surface area contributed by atoms with Gasteiger partial charge >= 0.3 is 6.03 Å². The van der Waals surface area contributed by atoms with E-state index in [0.717, 1.165) is 11.8 Å². The predicted molar refractivity (Wildman–Crippen MR) is 76.6 cm³/mol. The molecule has 1 N–H and O–H groups in total. The van der Waals surface area contributed by atoms with Gasteiger partial charge in [0.25, 0.3) is 0 Å². The second-order valence-electron chi connectivity index (χ2n) is 4.68. The van der Waals surface area contributed by atoms with E-state index in [0.29, 0.717) is 12.4 Å². The maximum absolute atomic E-state index is 12.9. The second kappa shape index (κ2) is 6.34. The zero-order valence-electron chi connectivity index (χ0n) is 12.2. The number of nitrogens with one attached hydrogen (secondary N) is 1. The van der Waals surface area contributed by atoms with Crippen LogP contribution in [0.25, 0.3) is 5.82 Å². The number of urea groups is 1. The van der Waals surface area contributed by atoms with Gasteiger partial charge in [-0.15, -0.1) is 0 Å². The number of amides is 2. The fourth-order valence-electron chi connectivity index (χ4n) is 1.88. The quantitative estimate of drug-likeness (QED) is 0.938. The summed E-state index contributed by atoms with van der Waals surface area (Å²) < 4.78 is 14.3. The van der Waals surface area contributed by atoms with Crippen molar-refractivity contribution in [1.29, 1.82) is 0 Å². The van der Waals surface area contributed by atoms with Crippen molar-refractivity contribution in [2.75, 3.05) is 13.6 Å². The molecule has 0 radical (unpaired) electrons. The lowest BCUT2D eigenvalue weighted by atomic mass is 10.1. The Morgan fingerprint density at radius 2 is 2.24 bits per heavy atom. The van der Waals surface area contributed by atoms with Crippen molar-refractivity contribution in [3.05, 3.63) is 42.1 Å². The smallest absolute Gasteiger partial charge is 0.317 e. The highest BCUT2D eigenvalue weighted by molar-refractivity contribution is 5.74. The Balaban J connectivity index is 2.13. The van der Waals surface area contributed by atoms with E-state index in [1.54, 1.807) is 24.2 Å². The van der Waals surface area contributed by atoms with Crippen LogP contribution in [0.4, 0.5) is 9.18 Å². The van der Waals surface area contributed by atoms with Gasteiger partial charge in [-0.25, -0.2) is 18.9 Å². The lowest BCUT2D eigenvalue weighted by Gasteiger charge is -2.25. The third kappa shape index (κ3) is 3.36. The Hall–Kier alpha value is -2.44. The van der Waals surface area contributed by atoms with Gasteiger partial charge in [0.15, 0.2) is 11.6 Å². The van der Waals surface area contributed by atoms with Crippen LogP contribution >= 0.6 is 0 Å². The molecule has 0 aliphatic rings. The van der Waals surface area contributed by atoms with Crippen LogP contribution in [0.3, 0.4) is 0 Å². The normalized spacial score (nSPS) is 12.0. The first-order valence-corrected chi connectivity index (χ1v) is 6.70. The summed E-state index contributed by atoms with van der Waals surface area (Å²) in [4.78, 5) is 17.6. The van der Waals surface area contributed by atoms with Crippen molar-refractivity contribution in [1.82, 2.24) is 25.0 Å². The molecule has 2 amide bonds. The summed E-state index contributed by atoms with van der Waals surface area (Å²) in [6.07, 6.45) is 4.04. The van der Waals surface area contributed by atoms with Gasteiger partial charge in [0.05, 0.1) is 18.4 Å². The Morgan fingerprint density at radius 3 is 2.76 bits per heavy atom. The van der Waals surface area contributed by atoms with Crippen molar-refractivity contribution in [3.63, 3.8) is 0 Å². The van der Waals surface area contributed by atoms with Gasteiger partial charge in [-0.1, -0.05) is 6.07 Å². The van der Waals surface area contributed by atoms with Gasteiger partial charge < -0.3 is 10.2 Å². The topological polar surface area (TPSA) is 63.1 Å². The number of pyridine rings is 1. The first-order chi connectivity index (χ1) is 10.0. The molecule has 1 atom stereocenters. The van der Waals surface area contributed by atoms with Gasteiger partial charge in [-0.3, -0.25) is 0 Å². The van der Waals surface area contributed by atoms with E-state index in [4.69, 9.17) is 0 Å². The van der Waals surface area contributed by atoms with E-state index in [1.807, 2.05) is 19.9 Å². The van der Waals surface area contributed by atoms with Crippen molar-refractivity contribution in [2.24, 2.45) is 0 Å². The molecule has 21 heavy (non-hydrogen) atoms. The van der Waals surface area contributed by atoms with E-state index >= 15 is 0 Å². The zero-order chi connectivity index (χ0) is 15.4. The molecule has 0 bridgehead atoms. The molecule has 2 aromatic rings. The molecule has 0 unspecified atom stereocenters. The average Bonchev–Trinajstić information content (AvgIpc) is 2.92. The van der Waals surface area contributed by atoms with Crippen LogP contribution in [-0.4, -0.2) is 39.3 Å². The van der Waals surface area contributed by atoms with Crippen molar-refractivity contribution in [3.8, 4) is 5.82 Å². The lowest BCUT2D eigenvalue weighted by Crippen LogP contribution is -2.38. The summed E-state index contributed by atoms with van der Waals surface area (Å²) >= 11 is 0. The number of hydrogen-bond acceptors (Lipinski definition) is 3. The highest BCUT2D eigenvalue weighted by Crippen LogP contribution is 2.18. The zero-order valence-corrected chi connectivity index (χ0v) is 12.2. The number of hydrogen-bond donors (Lipinski definition) is 1. The van der Waals surface area contributed by atoms with Crippen LogP contribution in [0, 0.1) is 5.82 Å². The number of nitrogens with zero attached hydrogens (tertiary/aromatic N) is 4. The number of rotatable bonds is 4. The number of carbonyl (C=O) groups excluding carboxylic acids is 1. The summed E-state index contributed by atoms with van der Waals surface area (Å²) in [5.74, 6) is 0.112. The minimum absolute atomic E-state index is 0.118. The van der Waals surface area contributed by atoms with Crippen LogP contribution in [0.2, 0.25) is 0 Å². The van der Waals surface area contributed by atoms with E-state index < -0.39 is 5.82 Å². The molecule has 2 rings (SSSR count). The first kappa shape index (κ1) is 15.0. The molecule has 2 heterocycles. The number of aromatic nitrogens is 3. The molecule has 0 aliphatic heterocycles. The fraction of sp³-hybridized carbons (Fsp3) is 0.357. The molecular formula is C14H18FN5O. The highest BCUT2D eigenvalue weighted by Gasteiger charge is 2.17. The third-order valence-electron chi connectivity index (χ3n) is 3.27. The maximum Gasteiger partial charge on any atom is 0.317 e. The Labute approximate surface area is 122 Å². The van der Waals surface area contributed by atoms with E-state index in [1.165, 1.54) is 10.9 Å². The van der Waals surface area contributed by atoms with Crippen LogP contribution in [0.5, 0.6) is 0 Å². The molecular weight excluding hydrogens is 273 g/mol. The summed E-state index contributed by atoms with van der Waals surface area (Å²) in [6, 6.07) is 3.34. The van der Waals surface area contributed by atoms with Gasteiger partial charge in [0.1, 0.15) is 0 Å². The summed E-state index contributed by atoms with van der Waals surface area (Å²) in [5, 5.41) is 6.60. The molecule has 0 saturated carbocycles. The fourth-order valence-corrected chi connectivity index (χ4v) is 1.88. The SMILES string of the molecule is CCNC(=O)N(C)[C@@H](C)c1ccc(-n2cc(F)cn2)nc1. The molecule has 112 valence electrons. The average molecular weight is 291 g/mol. The Kier molecular flexibility index (Phi) is 4.52. The van der Waals surface area contributed by atoms with Crippen LogP contribution in [-0.2, 0) is 0 Å². The summed E-state index contributed by atoms with van der Waals surface area (Å²) in [6.45, 7) is 4.37. The standard InChI is InChI=1S/C14H18FN5O/c1-4-16-14(21)19(3)10(2)11-5-6-13(17-7-11)20-9-12(15)8-18-20/h5-10H,4H2,1-3H3,(H,16,21)/t10-/m0/s1. The van der Waals surface area contributed by atoms with Gasteiger partial charge in [0.2, 0.25) is 0 Å². The minimum Gasteiger partial charge on any atom is -0.338 e. The van der Waals surface area contributed by atoms with E-state index in [9.17, 15) is 9.18 Å². The van der Waals surface area contributed by atoms with Crippen LogP contribution in [0.15, 0.2) is 30.7 Å². The third-order valence-corrected chi connectivity index (χ3v) is 3.27. The van der Waals surface area contributed by atoms with Gasteiger partial charge in [0, 0.05) is 19.8 Å².